The molecular weight excluding hydrogens is 1300 g/mol. The number of carbonyl (C=O) groups is 4. The highest BCUT2D eigenvalue weighted by Gasteiger charge is 2.59. The summed E-state index contributed by atoms with van der Waals surface area (Å²) in [6, 6.07) is -2.45. The van der Waals surface area contributed by atoms with Crippen LogP contribution in [-0.2, 0) is 76.0 Å². The summed E-state index contributed by atoms with van der Waals surface area (Å²) in [6.45, 7) is 4.53. The zero-order valence-electron chi connectivity index (χ0n) is 53.0. The molecule has 6 rings (SSSR count). The Morgan fingerprint density at radius 3 is 1.32 bits per heavy atom. The van der Waals surface area contributed by atoms with Gasteiger partial charge in [0, 0.05) is 74.7 Å². The molecule has 10 unspecified atom stereocenters. The number of ether oxygens (including phenoxy) is 12. The van der Waals surface area contributed by atoms with E-state index in [1.54, 1.807) is 0 Å². The summed E-state index contributed by atoms with van der Waals surface area (Å²) in [5, 5.41) is 206. The van der Waals surface area contributed by atoms with Crippen LogP contribution < -0.4 is 20.8 Å². The molecule has 0 aliphatic carbocycles. The fraction of sp³-hybridized carbons (Fsp3) is 0.926. The highest BCUT2D eigenvalue weighted by molar-refractivity contribution is 5.75. The van der Waals surface area contributed by atoms with Crippen LogP contribution in [0.3, 0.4) is 0 Å². The van der Waals surface area contributed by atoms with E-state index in [9.17, 15) is 111 Å². The molecule has 0 spiro atoms. The number of hydrogen-bond acceptors (Lipinski definition) is 36. The molecule has 6 aliphatic rings. The number of carboxylic acid groups (broad SMARTS) is 2. The molecule has 42 nitrogen and oxygen atoms in total. The second kappa shape index (κ2) is 37.2. The molecule has 0 aromatic carbocycles. The molecule has 0 aromatic heterocycles. The second-order valence-electron chi connectivity index (χ2n) is 24.0. The zero-order chi connectivity index (χ0) is 71.8. The average Bonchev–Trinajstić information content (AvgIpc) is 0.755. The monoisotopic (exact) mass is 1390 g/mol. The van der Waals surface area contributed by atoms with Crippen LogP contribution in [0.25, 0.3) is 20.9 Å². The molecule has 0 saturated carbocycles. The smallest absolute Gasteiger partial charge is 0.217 e. The van der Waals surface area contributed by atoms with E-state index >= 15 is 0 Å². The van der Waals surface area contributed by atoms with Crippen LogP contribution in [-0.4, -0.2) is 341 Å². The van der Waals surface area contributed by atoms with Crippen LogP contribution in [0.5, 0.6) is 0 Å². The van der Waals surface area contributed by atoms with Gasteiger partial charge in [-0.25, -0.2) is 0 Å². The lowest BCUT2D eigenvalue weighted by Crippen LogP contribution is -2.70. The number of aliphatic hydroxyl groups is 16. The molecule has 6 heterocycles. The highest BCUT2D eigenvalue weighted by atomic mass is 16.8. The number of nitrogens with one attached hydrogen (secondary N) is 2. The number of aliphatic hydroxyl groups excluding tert-OH is 16. The molecule has 32 atom stereocenters. The van der Waals surface area contributed by atoms with Gasteiger partial charge in [-0.3, -0.25) is 9.59 Å². The number of azide groups is 2. The van der Waals surface area contributed by atoms with Gasteiger partial charge >= 0.3 is 0 Å². The van der Waals surface area contributed by atoms with Gasteiger partial charge in [-0.1, -0.05) is 24.1 Å². The summed E-state index contributed by atoms with van der Waals surface area (Å²) in [6.07, 6.45) is -44.4. The van der Waals surface area contributed by atoms with Crippen molar-refractivity contribution in [2.24, 2.45) is 22.1 Å². The fourth-order valence-electron chi connectivity index (χ4n) is 11.6. The number of rotatable bonds is 30. The summed E-state index contributed by atoms with van der Waals surface area (Å²) in [4.78, 5) is 53.8. The van der Waals surface area contributed by atoms with Crippen molar-refractivity contribution in [2.45, 2.75) is 250 Å². The lowest BCUT2D eigenvalue weighted by molar-refractivity contribution is -0.411. The third-order valence-corrected chi connectivity index (χ3v) is 17.0. The Bertz CT molecular complexity index is 2560. The minimum atomic E-state index is -2.91. The Hall–Kier alpha value is -4.62. The van der Waals surface area contributed by atoms with Gasteiger partial charge in [-0.05, 0) is 37.8 Å². The lowest BCUT2D eigenvalue weighted by atomic mass is 9.83. The topological polar surface area (TPSA) is 670 Å². The average molecular weight is 1400 g/mol. The van der Waals surface area contributed by atoms with Gasteiger partial charge in [0.1, 0.15) is 110 Å². The van der Waals surface area contributed by atoms with Gasteiger partial charge in [-0.15, -0.1) is 0 Å². The van der Waals surface area contributed by atoms with Gasteiger partial charge in [0.2, 0.25) is 23.4 Å². The maximum Gasteiger partial charge on any atom is 0.217 e. The van der Waals surface area contributed by atoms with E-state index in [2.05, 4.69) is 30.7 Å². The molecule has 2 amide bonds. The molecule has 6 aliphatic heterocycles. The third-order valence-electron chi connectivity index (χ3n) is 17.0. The van der Waals surface area contributed by atoms with E-state index in [1.807, 2.05) is 0 Å². The standard InChI is InChI=1S/2C27H46N4O17/c1-10-13(35)7-27(26(41)42,48-22(10)16(11(2)33)30-12(3)34)44-9-15-17(36)18(37)20(39)25(46-15)47-23-14(8-32)45-24(21(40)19(23)38)43-6-4-5-29-31-28;1-10-13(36)7-27(26(41)42,47-21(10)16(11(2)34)30-12(3)35)48-23-17(37)14(8-32)44-25(20(23)40)46-22-15(9-33)45-24(19(39)18(22)38)43-6-4-5-29-31-28/h10-11,13-25,32-33,35-40H,4-9H2,1-3H3,(H,30,34)(H,41,42);10-11,13-25,32-34,36-40H,4-9H2,1-3H3,(H,30,35)(H,41,42)/p-2/t10-,11-,13-,14?,15?,16-,17+,18+,19-,20?,21?,22?,23-,24-,25+,27-;10-,11-,13-,14?,15?,16-,17+,18-,19?,20?,21?,22-,23+,24-,25+,27+/m11/s1. The summed E-state index contributed by atoms with van der Waals surface area (Å²) in [5.41, 5.74) is 16.7. The SMILES string of the molecule is CC(=O)N[C@@H](C1O[C@@](OCC2O[C@@H](O[C@@H]3C(CO)O[C@@H](OCCCN=[N+]=[N-])C(O)[C@H]3O)C(O)[C@@H](O)[C@H]2O)(C(=O)[O-])C[C@@H](O)[C@H]1C)[C@@H](C)O.CC(=O)N[C@@H](C1O[C@@](O[C@@H]2C(O)[C@H](O[C@@H]3C(CO)O[C@@H](OCCCN=[N+]=[N-])C(O)[C@H]3O)OC(CO)[C@@H]2O)(C(=O)[O-])C[C@@H](O)[C@H]1C)[C@@H](C)O. The predicted octanol–water partition coefficient (Wildman–Crippen LogP) is -11.1. The Morgan fingerprint density at radius 1 is 0.542 bits per heavy atom. The summed E-state index contributed by atoms with van der Waals surface area (Å²) < 4.78 is 66.9. The van der Waals surface area contributed by atoms with Gasteiger partial charge in [-0.2, -0.15) is 0 Å². The fourth-order valence-corrected chi connectivity index (χ4v) is 11.6. The Balaban J connectivity index is 0.000000347. The quantitative estimate of drug-likeness (QED) is 0.0137. The minimum absolute atomic E-state index is 0.0476. The van der Waals surface area contributed by atoms with Crippen molar-refractivity contribution >= 4 is 23.8 Å². The molecular formula is C54H90N8O34-2. The summed E-state index contributed by atoms with van der Waals surface area (Å²) in [5.74, 6) is -12.5. The third kappa shape index (κ3) is 20.1. The molecule has 42 heteroatoms. The highest BCUT2D eigenvalue weighted by Crippen LogP contribution is 2.41. The van der Waals surface area contributed by atoms with E-state index in [0.717, 1.165) is 13.8 Å². The van der Waals surface area contributed by atoms with E-state index in [4.69, 9.17) is 67.9 Å². The van der Waals surface area contributed by atoms with Crippen LogP contribution in [0, 0.1) is 11.8 Å². The van der Waals surface area contributed by atoms with Gasteiger partial charge < -0.3 is 169 Å². The van der Waals surface area contributed by atoms with Crippen molar-refractivity contribution in [3.05, 3.63) is 20.9 Å². The first-order chi connectivity index (χ1) is 45.2. The van der Waals surface area contributed by atoms with Crippen molar-refractivity contribution in [3.8, 4) is 0 Å². The number of nitrogens with zero attached hydrogens (tertiary/aromatic N) is 6. The van der Waals surface area contributed by atoms with E-state index in [0.29, 0.717) is 0 Å². The molecule has 96 heavy (non-hydrogen) atoms. The molecule has 6 saturated heterocycles. The maximum atomic E-state index is 12.6. The van der Waals surface area contributed by atoms with Crippen LogP contribution in [0.1, 0.15) is 67.2 Å². The number of amides is 2. The number of hydrogen-bond donors (Lipinski definition) is 18. The van der Waals surface area contributed by atoms with Crippen molar-refractivity contribution in [3.63, 3.8) is 0 Å². The van der Waals surface area contributed by atoms with Crippen LogP contribution in [0.4, 0.5) is 0 Å². The normalized spacial score (nSPS) is 41.5. The van der Waals surface area contributed by atoms with Gasteiger partial charge in [0.15, 0.2) is 25.2 Å². The van der Waals surface area contributed by atoms with Crippen molar-refractivity contribution < 1.29 is 168 Å². The van der Waals surface area contributed by atoms with Crippen molar-refractivity contribution in [1.82, 2.24) is 10.6 Å². The second-order valence-corrected chi connectivity index (χ2v) is 24.0. The van der Waals surface area contributed by atoms with E-state index in [-0.39, 0.29) is 39.1 Å². The zero-order valence-corrected chi connectivity index (χ0v) is 53.0. The molecule has 6 fully saturated rings. The number of carboxylic acids is 2. The summed E-state index contributed by atoms with van der Waals surface area (Å²) >= 11 is 0. The van der Waals surface area contributed by atoms with E-state index < -0.39 is 258 Å². The minimum Gasteiger partial charge on any atom is -0.544 e. The Labute approximate surface area is 547 Å². The van der Waals surface area contributed by atoms with Crippen molar-refractivity contribution in [1.29, 1.82) is 0 Å². The first kappa shape index (κ1) is 82.1. The molecule has 18 N–H and O–H groups in total. The van der Waals surface area contributed by atoms with Crippen LogP contribution in [0.15, 0.2) is 10.2 Å². The molecule has 0 radical (unpaired) electrons. The predicted molar refractivity (Wildman–Crippen MR) is 303 cm³/mol. The van der Waals surface area contributed by atoms with Gasteiger partial charge in [0.05, 0.1) is 75.1 Å². The molecule has 0 bridgehead atoms. The number of aliphatic carboxylic acids is 2. The lowest BCUT2D eigenvalue weighted by Gasteiger charge is -2.52. The van der Waals surface area contributed by atoms with Crippen molar-refractivity contribution in [2.75, 3.05) is 52.7 Å². The number of carbonyl (C=O) groups excluding carboxylic acids is 4. The Morgan fingerprint density at radius 2 is 0.927 bits per heavy atom. The van der Waals surface area contributed by atoms with Crippen LogP contribution >= 0.6 is 0 Å². The Kier molecular flexibility index (Phi) is 31.8. The molecule has 552 valence electrons. The van der Waals surface area contributed by atoms with Gasteiger partial charge in [0.25, 0.3) is 0 Å². The van der Waals surface area contributed by atoms with Crippen LogP contribution in [0.2, 0.25) is 0 Å². The van der Waals surface area contributed by atoms with E-state index in [1.165, 1.54) is 27.7 Å². The first-order valence-corrected chi connectivity index (χ1v) is 30.7. The molecule has 0 aromatic rings. The maximum absolute atomic E-state index is 12.6. The first-order valence-electron chi connectivity index (χ1n) is 30.7. The summed E-state index contributed by atoms with van der Waals surface area (Å²) in [7, 11) is 0. The largest absolute Gasteiger partial charge is 0.544 e.